The van der Waals surface area contributed by atoms with E-state index in [2.05, 4.69) is 4.72 Å². The van der Waals surface area contributed by atoms with Gasteiger partial charge in [-0.25, -0.2) is 13.1 Å². The fourth-order valence-corrected chi connectivity index (χ4v) is 3.28. The van der Waals surface area contributed by atoms with Crippen molar-refractivity contribution in [2.75, 3.05) is 6.54 Å². The highest BCUT2D eigenvalue weighted by atomic mass is 35.5. The van der Waals surface area contributed by atoms with Gasteiger partial charge in [0.25, 0.3) is 0 Å². The third-order valence-corrected chi connectivity index (χ3v) is 5.20. The summed E-state index contributed by atoms with van der Waals surface area (Å²) in [6.07, 6.45) is 1.47. The van der Waals surface area contributed by atoms with Crippen LogP contribution in [0.5, 0.6) is 0 Å². The van der Waals surface area contributed by atoms with Crippen LogP contribution in [-0.4, -0.2) is 20.5 Å². The molecule has 0 saturated heterocycles. The van der Waals surface area contributed by atoms with Crippen molar-refractivity contribution in [2.24, 2.45) is 5.73 Å². The largest absolute Gasteiger partial charge is 0.324 e. The molecule has 1 rings (SSSR count). The van der Waals surface area contributed by atoms with E-state index < -0.39 is 15.6 Å². The normalized spacial score (nSPS) is 12.1. The molecule has 0 spiro atoms. The van der Waals surface area contributed by atoms with Gasteiger partial charge >= 0.3 is 0 Å². The first-order valence-corrected chi connectivity index (χ1v) is 8.08. The van der Waals surface area contributed by atoms with Crippen molar-refractivity contribution >= 4 is 22.4 Å². The van der Waals surface area contributed by atoms with Gasteiger partial charge in [0.05, 0.1) is 4.90 Å². The van der Waals surface area contributed by atoms with Gasteiger partial charge in [-0.05, 0) is 38.3 Å². The van der Waals surface area contributed by atoms with Crippen LogP contribution >= 0.6 is 12.4 Å². The van der Waals surface area contributed by atoms with Crippen molar-refractivity contribution in [3.05, 3.63) is 29.3 Å². The number of nitrogens with one attached hydrogen (secondary N) is 1. The highest BCUT2D eigenvalue weighted by molar-refractivity contribution is 7.89. The fraction of sp³-hybridized carbons (Fsp3) is 0.571. The van der Waals surface area contributed by atoms with Gasteiger partial charge in [-0.1, -0.05) is 31.5 Å². The summed E-state index contributed by atoms with van der Waals surface area (Å²) in [4.78, 5) is 0.327. The predicted octanol–water partition coefficient (Wildman–Crippen LogP) is 2.52. The van der Waals surface area contributed by atoms with Gasteiger partial charge in [0, 0.05) is 12.1 Å². The van der Waals surface area contributed by atoms with Crippen molar-refractivity contribution < 1.29 is 8.42 Å². The fourth-order valence-electron chi connectivity index (χ4n) is 1.92. The summed E-state index contributed by atoms with van der Waals surface area (Å²) in [5.74, 6) is 0. The zero-order chi connectivity index (χ0) is 14.7. The number of hydrogen-bond acceptors (Lipinski definition) is 3. The SMILES string of the molecule is CCC(N)(CC)CNS(=O)(=O)c1ccc(C)cc1C.Cl. The van der Waals surface area contributed by atoms with E-state index in [1.165, 1.54) is 0 Å². The molecule has 0 radical (unpaired) electrons. The lowest BCUT2D eigenvalue weighted by molar-refractivity contribution is 0.391. The average Bonchev–Trinajstić information content (AvgIpc) is 2.35. The van der Waals surface area contributed by atoms with Gasteiger partial charge < -0.3 is 5.73 Å². The van der Waals surface area contributed by atoms with Crippen molar-refractivity contribution in [1.29, 1.82) is 0 Å². The quantitative estimate of drug-likeness (QED) is 0.846. The Kier molecular flexibility index (Phi) is 7.18. The van der Waals surface area contributed by atoms with Gasteiger partial charge in [-0.3, -0.25) is 0 Å². The number of aryl methyl sites for hydroxylation is 2. The van der Waals surface area contributed by atoms with Crippen molar-refractivity contribution in [1.82, 2.24) is 4.72 Å². The zero-order valence-electron chi connectivity index (χ0n) is 12.6. The first kappa shape index (κ1) is 19.4. The van der Waals surface area contributed by atoms with E-state index in [-0.39, 0.29) is 19.0 Å². The molecular formula is C14H25ClN2O2S. The summed E-state index contributed by atoms with van der Waals surface area (Å²) < 4.78 is 27.2. The Bertz CT molecular complexity index is 540. The van der Waals surface area contributed by atoms with E-state index >= 15 is 0 Å². The standard InChI is InChI=1S/C14H24N2O2S.ClH/c1-5-14(15,6-2)10-16-19(17,18)13-8-7-11(3)9-12(13)4;/h7-9,16H,5-6,10,15H2,1-4H3;1H. The minimum absolute atomic E-state index is 0. The molecule has 6 heteroatoms. The van der Waals surface area contributed by atoms with E-state index in [1.54, 1.807) is 19.1 Å². The predicted molar refractivity (Wildman–Crippen MR) is 85.9 cm³/mol. The minimum atomic E-state index is -3.49. The molecule has 0 unspecified atom stereocenters. The van der Waals surface area contributed by atoms with Crippen LogP contribution in [0, 0.1) is 13.8 Å². The van der Waals surface area contributed by atoms with Crippen LogP contribution in [0.2, 0.25) is 0 Å². The number of halogens is 1. The highest BCUT2D eigenvalue weighted by Crippen LogP contribution is 2.17. The molecule has 0 aliphatic rings. The molecule has 3 N–H and O–H groups in total. The van der Waals surface area contributed by atoms with E-state index in [1.807, 2.05) is 26.8 Å². The third-order valence-electron chi connectivity index (χ3n) is 3.64. The molecule has 20 heavy (non-hydrogen) atoms. The molecule has 116 valence electrons. The third kappa shape index (κ3) is 4.74. The molecule has 0 aliphatic carbocycles. The zero-order valence-corrected chi connectivity index (χ0v) is 14.2. The topological polar surface area (TPSA) is 72.2 Å². The number of sulfonamides is 1. The summed E-state index contributed by atoms with van der Waals surface area (Å²) in [6.45, 7) is 7.94. The lowest BCUT2D eigenvalue weighted by Crippen LogP contribution is -2.49. The molecule has 0 atom stereocenters. The lowest BCUT2D eigenvalue weighted by Gasteiger charge is -2.26. The molecular weight excluding hydrogens is 296 g/mol. The number of rotatable bonds is 6. The molecule has 0 saturated carbocycles. The Balaban J connectivity index is 0.00000361. The highest BCUT2D eigenvalue weighted by Gasteiger charge is 2.24. The van der Waals surface area contributed by atoms with Crippen molar-refractivity contribution in [3.63, 3.8) is 0 Å². The second-order valence-electron chi connectivity index (χ2n) is 5.16. The maximum atomic E-state index is 12.3. The molecule has 1 aromatic rings. The molecule has 0 heterocycles. The summed E-state index contributed by atoms with van der Waals surface area (Å²) >= 11 is 0. The first-order valence-electron chi connectivity index (χ1n) is 6.60. The molecule has 0 aromatic heterocycles. The lowest BCUT2D eigenvalue weighted by atomic mass is 9.95. The van der Waals surface area contributed by atoms with E-state index in [0.29, 0.717) is 4.90 Å². The Morgan fingerprint density at radius 1 is 1.20 bits per heavy atom. The molecule has 0 amide bonds. The van der Waals surface area contributed by atoms with Crippen LogP contribution in [0.25, 0.3) is 0 Å². The smallest absolute Gasteiger partial charge is 0.240 e. The van der Waals surface area contributed by atoms with Gasteiger partial charge in [0.15, 0.2) is 0 Å². The van der Waals surface area contributed by atoms with Gasteiger partial charge in [0.1, 0.15) is 0 Å². The molecule has 0 bridgehead atoms. The Labute approximate surface area is 128 Å². The Hall–Kier alpha value is -0.620. The Morgan fingerprint density at radius 2 is 1.75 bits per heavy atom. The summed E-state index contributed by atoms with van der Waals surface area (Å²) in [5, 5.41) is 0. The molecule has 0 aliphatic heterocycles. The van der Waals surface area contributed by atoms with Crippen LogP contribution in [0.3, 0.4) is 0 Å². The average molecular weight is 321 g/mol. The molecule has 0 fully saturated rings. The van der Waals surface area contributed by atoms with Gasteiger partial charge in [0.2, 0.25) is 10.0 Å². The first-order chi connectivity index (χ1) is 8.74. The van der Waals surface area contributed by atoms with Crippen molar-refractivity contribution in [3.8, 4) is 0 Å². The number of benzene rings is 1. The van der Waals surface area contributed by atoms with Crippen LogP contribution in [-0.2, 0) is 10.0 Å². The Morgan fingerprint density at radius 3 is 2.20 bits per heavy atom. The molecule has 1 aromatic carbocycles. The van der Waals surface area contributed by atoms with Crippen LogP contribution in [0.15, 0.2) is 23.1 Å². The monoisotopic (exact) mass is 320 g/mol. The maximum absolute atomic E-state index is 12.3. The summed E-state index contributed by atoms with van der Waals surface area (Å²) in [7, 11) is -3.49. The van der Waals surface area contributed by atoms with E-state index in [4.69, 9.17) is 5.73 Å². The summed E-state index contributed by atoms with van der Waals surface area (Å²) in [6, 6.07) is 5.31. The molecule has 4 nitrogen and oxygen atoms in total. The number of nitrogens with two attached hydrogens (primary N) is 1. The minimum Gasteiger partial charge on any atom is -0.324 e. The maximum Gasteiger partial charge on any atom is 0.240 e. The van der Waals surface area contributed by atoms with E-state index in [9.17, 15) is 8.42 Å². The van der Waals surface area contributed by atoms with Gasteiger partial charge in [-0.2, -0.15) is 0 Å². The van der Waals surface area contributed by atoms with Crippen molar-refractivity contribution in [2.45, 2.75) is 51.0 Å². The van der Waals surface area contributed by atoms with Crippen LogP contribution < -0.4 is 10.5 Å². The van der Waals surface area contributed by atoms with Crippen LogP contribution in [0.4, 0.5) is 0 Å². The van der Waals surface area contributed by atoms with Crippen LogP contribution in [0.1, 0.15) is 37.8 Å². The van der Waals surface area contributed by atoms with E-state index in [0.717, 1.165) is 24.0 Å². The second kappa shape index (κ2) is 7.41. The van der Waals surface area contributed by atoms with Gasteiger partial charge in [-0.15, -0.1) is 12.4 Å². The second-order valence-corrected chi connectivity index (χ2v) is 6.90. The number of hydrogen-bond donors (Lipinski definition) is 2. The summed E-state index contributed by atoms with van der Waals surface area (Å²) in [5.41, 5.74) is 7.44.